The Hall–Kier alpha value is -1.52. The van der Waals surface area contributed by atoms with Crippen molar-refractivity contribution in [2.24, 2.45) is 0 Å². The molecule has 1 aromatic rings. The van der Waals surface area contributed by atoms with E-state index in [2.05, 4.69) is 0 Å². The highest BCUT2D eigenvalue weighted by Gasteiger charge is 2.26. The average Bonchev–Trinajstić information content (AvgIpc) is 2.14. The van der Waals surface area contributed by atoms with E-state index < -0.39 is 29.2 Å². The minimum absolute atomic E-state index is 0.194. The van der Waals surface area contributed by atoms with Crippen LogP contribution in [0.4, 0.5) is 13.2 Å². The van der Waals surface area contributed by atoms with Crippen LogP contribution < -0.4 is 0 Å². The molecule has 0 fully saturated rings. The van der Waals surface area contributed by atoms with Crippen molar-refractivity contribution in [1.29, 1.82) is 0 Å². The first-order chi connectivity index (χ1) is 7.74. The van der Waals surface area contributed by atoms with Crippen LogP contribution in [0, 0.1) is 5.82 Å². The molecule has 2 nitrogen and oxygen atoms in total. The van der Waals surface area contributed by atoms with Crippen LogP contribution in [-0.2, 0) is 10.2 Å². The van der Waals surface area contributed by atoms with E-state index in [1.165, 1.54) is 6.07 Å². The molecule has 0 aromatic heterocycles. The van der Waals surface area contributed by atoms with Gasteiger partial charge in [-0.15, -0.1) is 0 Å². The third-order valence-corrected chi connectivity index (χ3v) is 2.61. The fourth-order valence-electron chi connectivity index (χ4n) is 1.61. The second-order valence-electron chi connectivity index (χ2n) is 4.49. The Balaban J connectivity index is 3.08. The molecule has 1 N–H and O–H groups in total. The molecule has 0 aliphatic heterocycles. The molecule has 0 amide bonds. The minimum Gasteiger partial charge on any atom is -0.481 e. The molecule has 0 saturated carbocycles. The maximum absolute atomic E-state index is 13.3. The van der Waals surface area contributed by atoms with E-state index in [0.717, 1.165) is 12.1 Å². The molecule has 0 atom stereocenters. The van der Waals surface area contributed by atoms with E-state index >= 15 is 0 Å². The zero-order valence-corrected chi connectivity index (χ0v) is 9.51. The number of benzene rings is 1. The summed E-state index contributed by atoms with van der Waals surface area (Å²) >= 11 is 0. The van der Waals surface area contributed by atoms with Crippen molar-refractivity contribution in [3.8, 4) is 0 Å². The van der Waals surface area contributed by atoms with Crippen LogP contribution in [0.25, 0.3) is 0 Å². The summed E-state index contributed by atoms with van der Waals surface area (Å²) in [4.78, 5) is 10.6. The number of halogens is 3. The molecule has 5 heteroatoms. The van der Waals surface area contributed by atoms with Gasteiger partial charge in [0.25, 0.3) is 6.43 Å². The molecule has 1 rings (SSSR count). The van der Waals surface area contributed by atoms with Crippen LogP contribution >= 0.6 is 0 Å². The second-order valence-corrected chi connectivity index (χ2v) is 4.49. The van der Waals surface area contributed by atoms with Gasteiger partial charge in [-0.3, -0.25) is 4.79 Å². The van der Waals surface area contributed by atoms with Gasteiger partial charge in [-0.25, -0.2) is 13.2 Å². The lowest BCUT2D eigenvalue weighted by atomic mass is 9.81. The summed E-state index contributed by atoms with van der Waals surface area (Å²) in [7, 11) is 0. The van der Waals surface area contributed by atoms with Crippen LogP contribution in [-0.4, -0.2) is 11.1 Å². The monoisotopic (exact) mass is 246 g/mol. The van der Waals surface area contributed by atoms with E-state index in [9.17, 15) is 18.0 Å². The van der Waals surface area contributed by atoms with Crippen molar-refractivity contribution in [2.45, 2.75) is 32.1 Å². The van der Waals surface area contributed by atoms with Crippen LogP contribution in [0.2, 0.25) is 0 Å². The SMILES string of the molecule is CC(C)(CC(=O)O)c1ccc(C(F)F)c(F)c1. The van der Waals surface area contributed by atoms with Crippen LogP contribution in [0.15, 0.2) is 18.2 Å². The Morgan fingerprint density at radius 2 is 2.00 bits per heavy atom. The van der Waals surface area contributed by atoms with Gasteiger partial charge in [0.15, 0.2) is 0 Å². The molecular formula is C12H13F3O2. The van der Waals surface area contributed by atoms with Crippen LogP contribution in [0.5, 0.6) is 0 Å². The minimum atomic E-state index is -2.87. The maximum Gasteiger partial charge on any atom is 0.304 e. The molecule has 0 aliphatic rings. The number of carboxylic acid groups (broad SMARTS) is 1. The zero-order valence-electron chi connectivity index (χ0n) is 9.51. The summed E-state index contributed by atoms with van der Waals surface area (Å²) in [6.07, 6.45) is -3.06. The first-order valence-corrected chi connectivity index (χ1v) is 5.04. The molecule has 0 bridgehead atoms. The molecule has 94 valence electrons. The maximum atomic E-state index is 13.3. The molecule has 0 heterocycles. The molecule has 0 spiro atoms. The average molecular weight is 246 g/mol. The zero-order chi connectivity index (χ0) is 13.2. The molecule has 0 aliphatic carbocycles. The van der Waals surface area contributed by atoms with Gasteiger partial charge in [0.1, 0.15) is 5.82 Å². The summed E-state index contributed by atoms with van der Waals surface area (Å²) in [5, 5.41) is 8.71. The Kier molecular flexibility index (Phi) is 3.80. The highest BCUT2D eigenvalue weighted by molar-refractivity contribution is 5.68. The van der Waals surface area contributed by atoms with E-state index in [1.807, 2.05) is 0 Å². The van der Waals surface area contributed by atoms with Gasteiger partial charge < -0.3 is 5.11 Å². The first kappa shape index (κ1) is 13.5. The fourth-order valence-corrected chi connectivity index (χ4v) is 1.61. The number of hydrogen-bond donors (Lipinski definition) is 1. The summed E-state index contributed by atoms with van der Waals surface area (Å²) in [6.45, 7) is 3.25. The molecule has 0 unspecified atom stereocenters. The summed E-state index contributed by atoms with van der Waals surface area (Å²) in [5.74, 6) is -2.02. The van der Waals surface area contributed by atoms with Gasteiger partial charge in [0.05, 0.1) is 12.0 Å². The number of aliphatic carboxylic acids is 1. The third kappa shape index (κ3) is 3.22. The molecule has 1 aromatic carbocycles. The van der Waals surface area contributed by atoms with Gasteiger partial charge in [-0.05, 0) is 11.6 Å². The van der Waals surface area contributed by atoms with Gasteiger partial charge in [-0.1, -0.05) is 26.0 Å². The largest absolute Gasteiger partial charge is 0.481 e. The Morgan fingerprint density at radius 3 is 2.41 bits per heavy atom. The van der Waals surface area contributed by atoms with Crippen LogP contribution in [0.3, 0.4) is 0 Å². The number of carbonyl (C=O) groups is 1. The van der Waals surface area contributed by atoms with E-state index in [0.29, 0.717) is 5.56 Å². The second kappa shape index (κ2) is 4.77. The number of hydrogen-bond acceptors (Lipinski definition) is 1. The molecule has 0 saturated heterocycles. The summed E-state index contributed by atoms with van der Waals surface area (Å²) < 4.78 is 38.0. The van der Waals surface area contributed by atoms with Crippen LogP contribution in [0.1, 0.15) is 37.8 Å². The lowest BCUT2D eigenvalue weighted by molar-refractivity contribution is -0.138. The number of carboxylic acids is 1. The Labute approximate surface area is 97.1 Å². The third-order valence-electron chi connectivity index (χ3n) is 2.61. The van der Waals surface area contributed by atoms with E-state index in [4.69, 9.17) is 5.11 Å². The van der Waals surface area contributed by atoms with Crippen molar-refractivity contribution in [3.05, 3.63) is 35.1 Å². The van der Waals surface area contributed by atoms with E-state index in [1.54, 1.807) is 13.8 Å². The van der Waals surface area contributed by atoms with E-state index in [-0.39, 0.29) is 6.42 Å². The van der Waals surface area contributed by atoms with Gasteiger partial charge >= 0.3 is 5.97 Å². The topological polar surface area (TPSA) is 37.3 Å². The summed E-state index contributed by atoms with van der Waals surface area (Å²) in [6, 6.07) is 3.32. The number of alkyl halides is 2. The Morgan fingerprint density at radius 1 is 1.41 bits per heavy atom. The predicted molar refractivity (Wildman–Crippen MR) is 56.6 cm³/mol. The van der Waals surface area contributed by atoms with Crippen molar-refractivity contribution in [3.63, 3.8) is 0 Å². The fraction of sp³-hybridized carbons (Fsp3) is 0.417. The molecule has 0 radical (unpaired) electrons. The molecule has 17 heavy (non-hydrogen) atoms. The lowest BCUT2D eigenvalue weighted by Crippen LogP contribution is -2.22. The van der Waals surface area contributed by atoms with Crippen molar-refractivity contribution in [2.75, 3.05) is 0 Å². The summed E-state index contributed by atoms with van der Waals surface area (Å²) in [5.41, 5.74) is -1.07. The smallest absolute Gasteiger partial charge is 0.304 e. The van der Waals surface area contributed by atoms with Crippen molar-refractivity contribution in [1.82, 2.24) is 0 Å². The van der Waals surface area contributed by atoms with Crippen molar-refractivity contribution >= 4 is 5.97 Å². The Bertz CT molecular complexity index is 428. The van der Waals surface area contributed by atoms with Gasteiger partial charge in [-0.2, -0.15) is 0 Å². The lowest BCUT2D eigenvalue weighted by Gasteiger charge is -2.23. The van der Waals surface area contributed by atoms with Gasteiger partial charge in [0, 0.05) is 5.41 Å². The van der Waals surface area contributed by atoms with Crippen molar-refractivity contribution < 1.29 is 23.1 Å². The highest BCUT2D eigenvalue weighted by Crippen LogP contribution is 2.30. The predicted octanol–water partition coefficient (Wildman–Crippen LogP) is 3.52. The standard InChI is InChI=1S/C12H13F3O2/c1-12(2,6-10(16)17)7-3-4-8(11(14)15)9(13)5-7/h3-5,11H,6H2,1-2H3,(H,16,17). The normalized spacial score (nSPS) is 11.9. The molecular weight excluding hydrogens is 233 g/mol. The highest BCUT2D eigenvalue weighted by atomic mass is 19.3. The first-order valence-electron chi connectivity index (χ1n) is 5.04. The quantitative estimate of drug-likeness (QED) is 0.882. The number of rotatable bonds is 4. The van der Waals surface area contributed by atoms with Gasteiger partial charge in [0.2, 0.25) is 0 Å².